The van der Waals surface area contributed by atoms with Crippen LogP contribution >= 0.6 is 0 Å². The van der Waals surface area contributed by atoms with E-state index in [0.29, 0.717) is 11.5 Å². The number of nitrogens with zero attached hydrogens (tertiary/aromatic N) is 4. The lowest BCUT2D eigenvalue weighted by Gasteiger charge is -2.29. The molecule has 1 saturated heterocycles. The molecule has 2 N–H and O–H groups in total. The number of benzene rings is 2. The summed E-state index contributed by atoms with van der Waals surface area (Å²) in [6.07, 6.45) is 4.90. The van der Waals surface area contributed by atoms with Gasteiger partial charge in [-0.3, -0.25) is 4.79 Å². The van der Waals surface area contributed by atoms with E-state index in [1.165, 1.54) is 5.56 Å². The van der Waals surface area contributed by atoms with Crippen molar-refractivity contribution in [3.63, 3.8) is 0 Å². The number of carbonyl (C=O) groups excluding carboxylic acids is 1. The van der Waals surface area contributed by atoms with Crippen molar-refractivity contribution < 1.29 is 4.79 Å². The van der Waals surface area contributed by atoms with Crippen LogP contribution in [0.3, 0.4) is 0 Å². The normalized spacial score (nSPS) is 14.9. The predicted octanol–water partition coefficient (Wildman–Crippen LogP) is 4.53. The first-order valence-corrected chi connectivity index (χ1v) is 11.9. The Balaban J connectivity index is 1.29. The molecule has 0 radical (unpaired) electrons. The fourth-order valence-corrected chi connectivity index (χ4v) is 4.36. The monoisotopic (exact) mass is 454 g/mol. The maximum Gasteiger partial charge on any atom is 0.251 e. The van der Waals surface area contributed by atoms with Gasteiger partial charge in [-0.15, -0.1) is 5.10 Å². The molecule has 1 fully saturated rings. The Kier molecular flexibility index (Phi) is 6.27. The van der Waals surface area contributed by atoms with E-state index in [2.05, 4.69) is 64.9 Å². The fourth-order valence-electron chi connectivity index (χ4n) is 4.36. The van der Waals surface area contributed by atoms with E-state index in [1.807, 2.05) is 36.5 Å². The highest BCUT2D eigenvalue weighted by molar-refractivity contribution is 5.94. The third-order valence-electron chi connectivity index (χ3n) is 6.49. The van der Waals surface area contributed by atoms with Crippen molar-refractivity contribution in [1.82, 2.24) is 24.8 Å². The van der Waals surface area contributed by atoms with Crippen molar-refractivity contribution in [2.45, 2.75) is 32.2 Å². The van der Waals surface area contributed by atoms with Gasteiger partial charge in [0.1, 0.15) is 0 Å². The number of pyridine rings is 1. The Labute approximate surface area is 199 Å². The van der Waals surface area contributed by atoms with Gasteiger partial charge >= 0.3 is 0 Å². The SMILES string of the molecule is CCc1ccc(-c2cccn3nc(Nc4ccc(C(=O)NC5CCN(C)CC5)cc4)nc23)cc1. The number of nitrogens with one attached hydrogen (secondary N) is 2. The first-order valence-electron chi connectivity index (χ1n) is 11.9. The zero-order valence-corrected chi connectivity index (χ0v) is 19.7. The van der Waals surface area contributed by atoms with Gasteiger partial charge in [-0.1, -0.05) is 31.2 Å². The van der Waals surface area contributed by atoms with Crippen LogP contribution in [-0.2, 0) is 6.42 Å². The van der Waals surface area contributed by atoms with Crippen LogP contribution in [0.25, 0.3) is 16.8 Å². The second-order valence-electron chi connectivity index (χ2n) is 8.93. The highest BCUT2D eigenvalue weighted by Crippen LogP contribution is 2.25. The summed E-state index contributed by atoms with van der Waals surface area (Å²) in [7, 11) is 2.12. The van der Waals surface area contributed by atoms with Gasteiger partial charge in [-0.05, 0) is 86.9 Å². The summed E-state index contributed by atoms with van der Waals surface area (Å²) in [5.74, 6) is 0.492. The summed E-state index contributed by atoms with van der Waals surface area (Å²) >= 11 is 0. The van der Waals surface area contributed by atoms with Gasteiger partial charge in [0.25, 0.3) is 5.91 Å². The third kappa shape index (κ3) is 4.79. The number of hydrogen-bond donors (Lipinski definition) is 2. The Hall–Kier alpha value is -3.71. The zero-order valence-electron chi connectivity index (χ0n) is 19.7. The average Bonchev–Trinajstić information content (AvgIpc) is 3.28. The van der Waals surface area contributed by atoms with E-state index in [4.69, 9.17) is 4.98 Å². The molecule has 4 aromatic rings. The number of rotatable bonds is 6. The Morgan fingerprint density at radius 2 is 1.76 bits per heavy atom. The summed E-state index contributed by atoms with van der Waals surface area (Å²) in [6.45, 7) is 4.19. The van der Waals surface area contributed by atoms with Gasteiger partial charge < -0.3 is 15.5 Å². The van der Waals surface area contributed by atoms with E-state index in [1.54, 1.807) is 4.52 Å². The van der Waals surface area contributed by atoms with Gasteiger partial charge in [0, 0.05) is 29.1 Å². The highest BCUT2D eigenvalue weighted by atomic mass is 16.1. The summed E-state index contributed by atoms with van der Waals surface area (Å²) in [5, 5.41) is 11.0. The summed E-state index contributed by atoms with van der Waals surface area (Å²) in [4.78, 5) is 19.6. The lowest BCUT2D eigenvalue weighted by Crippen LogP contribution is -2.43. The third-order valence-corrected chi connectivity index (χ3v) is 6.49. The lowest BCUT2D eigenvalue weighted by atomic mass is 10.0. The van der Waals surface area contributed by atoms with Gasteiger partial charge in [-0.25, -0.2) is 4.52 Å². The summed E-state index contributed by atoms with van der Waals surface area (Å²) in [6, 6.07) is 20.3. The van der Waals surface area contributed by atoms with Crippen molar-refractivity contribution in [3.8, 4) is 11.1 Å². The number of aryl methyl sites for hydroxylation is 1. The zero-order chi connectivity index (χ0) is 23.5. The van der Waals surface area contributed by atoms with E-state index >= 15 is 0 Å². The molecule has 5 rings (SSSR count). The number of hydrogen-bond acceptors (Lipinski definition) is 5. The first-order chi connectivity index (χ1) is 16.6. The second-order valence-corrected chi connectivity index (χ2v) is 8.93. The molecule has 0 spiro atoms. The molecule has 2 aromatic heterocycles. The standard InChI is InChI=1S/C27H30N6O/c1-3-19-6-8-20(9-7-19)24-5-4-16-33-25(24)30-27(31-33)29-22-12-10-21(11-13-22)26(34)28-23-14-17-32(2)18-15-23/h4-13,16,23H,3,14-15,17-18H2,1-2H3,(H,28,34)(H,29,31). The topological polar surface area (TPSA) is 74.6 Å². The molecule has 1 aliphatic rings. The number of anilines is 2. The number of carbonyl (C=O) groups is 1. The van der Waals surface area contributed by atoms with E-state index in [0.717, 1.165) is 54.8 Å². The molecule has 0 bridgehead atoms. The van der Waals surface area contributed by atoms with Crippen LogP contribution < -0.4 is 10.6 Å². The van der Waals surface area contributed by atoms with E-state index in [-0.39, 0.29) is 11.9 Å². The van der Waals surface area contributed by atoms with Crippen molar-refractivity contribution in [2.75, 3.05) is 25.5 Å². The molecule has 0 saturated carbocycles. The van der Waals surface area contributed by atoms with Crippen LogP contribution in [0.1, 0.15) is 35.7 Å². The van der Waals surface area contributed by atoms with Gasteiger partial charge in [0.15, 0.2) is 5.65 Å². The smallest absolute Gasteiger partial charge is 0.251 e. The van der Waals surface area contributed by atoms with Crippen LogP contribution in [0, 0.1) is 0 Å². The molecule has 0 unspecified atom stereocenters. The molecular weight excluding hydrogens is 424 g/mol. The Morgan fingerprint density at radius 3 is 2.47 bits per heavy atom. The maximum absolute atomic E-state index is 12.6. The molecule has 174 valence electrons. The largest absolute Gasteiger partial charge is 0.349 e. The molecule has 34 heavy (non-hydrogen) atoms. The Bertz CT molecular complexity index is 1270. The molecular formula is C27H30N6O. The van der Waals surface area contributed by atoms with Crippen LogP contribution in [0.2, 0.25) is 0 Å². The molecule has 1 aliphatic heterocycles. The molecule has 7 heteroatoms. The number of aromatic nitrogens is 3. The van der Waals surface area contributed by atoms with E-state index < -0.39 is 0 Å². The molecule has 3 heterocycles. The first kappa shape index (κ1) is 22.1. The maximum atomic E-state index is 12.6. The quantitative estimate of drug-likeness (QED) is 0.448. The van der Waals surface area contributed by atoms with Crippen LogP contribution in [0.5, 0.6) is 0 Å². The molecule has 0 aliphatic carbocycles. The van der Waals surface area contributed by atoms with E-state index in [9.17, 15) is 4.79 Å². The summed E-state index contributed by atoms with van der Waals surface area (Å²) < 4.78 is 1.79. The number of piperidine rings is 1. The predicted molar refractivity (Wildman–Crippen MR) is 136 cm³/mol. The minimum Gasteiger partial charge on any atom is -0.349 e. The number of fused-ring (bicyclic) bond motifs is 1. The number of likely N-dealkylation sites (tertiary alicyclic amines) is 1. The molecule has 7 nitrogen and oxygen atoms in total. The highest BCUT2D eigenvalue weighted by Gasteiger charge is 2.19. The van der Waals surface area contributed by atoms with Gasteiger partial charge in [-0.2, -0.15) is 4.98 Å². The van der Waals surface area contributed by atoms with Gasteiger partial charge in [0.05, 0.1) is 0 Å². The lowest BCUT2D eigenvalue weighted by molar-refractivity contribution is 0.0917. The average molecular weight is 455 g/mol. The van der Waals surface area contributed by atoms with Crippen molar-refractivity contribution >= 4 is 23.2 Å². The van der Waals surface area contributed by atoms with Gasteiger partial charge in [0.2, 0.25) is 5.95 Å². The molecule has 2 aromatic carbocycles. The van der Waals surface area contributed by atoms with Crippen LogP contribution in [-0.4, -0.2) is 51.6 Å². The second kappa shape index (κ2) is 9.65. The summed E-state index contributed by atoms with van der Waals surface area (Å²) in [5.41, 5.74) is 5.74. The molecule has 0 atom stereocenters. The molecule has 1 amide bonds. The van der Waals surface area contributed by atoms with Crippen LogP contribution in [0.4, 0.5) is 11.6 Å². The Morgan fingerprint density at radius 1 is 1.03 bits per heavy atom. The van der Waals surface area contributed by atoms with Crippen molar-refractivity contribution in [2.24, 2.45) is 0 Å². The van der Waals surface area contributed by atoms with Crippen molar-refractivity contribution in [1.29, 1.82) is 0 Å². The number of amides is 1. The van der Waals surface area contributed by atoms with Crippen molar-refractivity contribution in [3.05, 3.63) is 78.0 Å². The minimum atomic E-state index is -0.0225. The van der Waals surface area contributed by atoms with Crippen LogP contribution in [0.15, 0.2) is 66.9 Å². The fraction of sp³-hybridized carbons (Fsp3) is 0.296. The minimum absolute atomic E-state index is 0.0225.